The minimum atomic E-state index is -1.12. The Labute approximate surface area is 95.1 Å². The van der Waals surface area contributed by atoms with Crippen molar-refractivity contribution in [3.63, 3.8) is 0 Å². The molecule has 2 nitrogen and oxygen atoms in total. The van der Waals surface area contributed by atoms with E-state index in [1.54, 1.807) is 27.7 Å². The average molecular weight is 224 g/mol. The summed E-state index contributed by atoms with van der Waals surface area (Å²) in [5, 5.41) is 9.80. The van der Waals surface area contributed by atoms with E-state index in [9.17, 15) is 14.3 Å². The highest BCUT2D eigenvalue weighted by Crippen LogP contribution is 2.23. The lowest BCUT2D eigenvalue weighted by molar-refractivity contribution is 0.0442. The molecule has 3 heteroatoms. The van der Waals surface area contributed by atoms with E-state index in [4.69, 9.17) is 0 Å². The molecule has 0 heterocycles. The van der Waals surface area contributed by atoms with Crippen molar-refractivity contribution in [2.24, 2.45) is 5.41 Å². The Bertz CT molecular complexity index is 405. The summed E-state index contributed by atoms with van der Waals surface area (Å²) in [6, 6.07) is 4.25. The molecule has 1 aromatic rings. The minimum Gasteiger partial charge on any atom is -0.384 e. The van der Waals surface area contributed by atoms with Crippen molar-refractivity contribution in [2.45, 2.75) is 33.8 Å². The summed E-state index contributed by atoms with van der Waals surface area (Å²) < 4.78 is 13.3. The van der Waals surface area contributed by atoms with Gasteiger partial charge >= 0.3 is 0 Å². The highest BCUT2D eigenvalue weighted by Gasteiger charge is 2.29. The average Bonchev–Trinajstić information content (AvgIpc) is 2.18. The number of aliphatic hydroxyl groups excluding tert-OH is 1. The topological polar surface area (TPSA) is 37.3 Å². The lowest BCUT2D eigenvalue weighted by Gasteiger charge is -2.24. The monoisotopic (exact) mass is 224 g/mol. The zero-order valence-electron chi connectivity index (χ0n) is 10.0. The molecule has 1 N–H and O–H groups in total. The van der Waals surface area contributed by atoms with Crippen LogP contribution in [0.15, 0.2) is 18.2 Å². The Hall–Kier alpha value is -1.22. The quantitative estimate of drug-likeness (QED) is 0.784. The van der Waals surface area contributed by atoms with Crippen LogP contribution in [-0.4, -0.2) is 17.0 Å². The summed E-state index contributed by atoms with van der Waals surface area (Å²) >= 11 is 0. The van der Waals surface area contributed by atoms with Gasteiger partial charge in [-0.25, -0.2) is 4.39 Å². The maximum Gasteiger partial charge on any atom is 0.191 e. The molecule has 0 radical (unpaired) electrons. The Balaban J connectivity index is 3.02. The predicted molar refractivity (Wildman–Crippen MR) is 60.9 cm³/mol. The van der Waals surface area contributed by atoms with Crippen LogP contribution in [0.3, 0.4) is 0 Å². The molecule has 0 amide bonds. The molecule has 0 aliphatic carbocycles. The molecule has 1 unspecified atom stereocenters. The van der Waals surface area contributed by atoms with Crippen LogP contribution < -0.4 is 0 Å². The molecule has 0 aliphatic heterocycles. The molecule has 0 spiro atoms. The number of halogens is 1. The zero-order valence-corrected chi connectivity index (χ0v) is 10.0. The first kappa shape index (κ1) is 12.8. The smallest absolute Gasteiger partial charge is 0.191 e. The Morgan fingerprint density at radius 3 is 2.38 bits per heavy atom. The van der Waals surface area contributed by atoms with Gasteiger partial charge in [0.25, 0.3) is 0 Å². The maximum atomic E-state index is 13.3. The Kier molecular flexibility index (Phi) is 3.48. The van der Waals surface area contributed by atoms with Crippen molar-refractivity contribution in [3.8, 4) is 0 Å². The van der Waals surface area contributed by atoms with Crippen LogP contribution in [0, 0.1) is 18.2 Å². The van der Waals surface area contributed by atoms with Gasteiger partial charge < -0.3 is 5.11 Å². The van der Waals surface area contributed by atoms with Gasteiger partial charge in [-0.2, -0.15) is 0 Å². The molecule has 0 aliphatic rings. The molecule has 1 aromatic carbocycles. The van der Waals surface area contributed by atoms with Crippen molar-refractivity contribution in [3.05, 3.63) is 35.1 Å². The molecule has 1 atom stereocenters. The summed E-state index contributed by atoms with van der Waals surface area (Å²) in [6.07, 6.45) is -1.12. The molecule has 0 saturated carbocycles. The van der Waals surface area contributed by atoms with Gasteiger partial charge in [-0.15, -0.1) is 0 Å². The number of rotatable bonds is 2. The SMILES string of the molecule is Cc1ccc(C(=O)C(O)C(C)(C)C)cc1F. The molecule has 0 saturated heterocycles. The maximum absolute atomic E-state index is 13.3. The first-order valence-corrected chi connectivity index (χ1v) is 5.22. The number of aliphatic hydroxyl groups is 1. The van der Waals surface area contributed by atoms with E-state index in [1.807, 2.05) is 0 Å². The standard InChI is InChI=1S/C13H17FO2/c1-8-5-6-9(7-10(8)14)11(15)12(16)13(2,3)4/h5-7,12,16H,1-4H3. The number of aryl methyl sites for hydroxylation is 1. The number of carbonyl (C=O) groups is 1. The molecule has 1 rings (SSSR count). The molecule has 0 bridgehead atoms. The number of hydrogen-bond donors (Lipinski definition) is 1. The van der Waals surface area contributed by atoms with E-state index in [2.05, 4.69) is 0 Å². The second-order valence-corrected chi connectivity index (χ2v) is 5.10. The molecule has 16 heavy (non-hydrogen) atoms. The van der Waals surface area contributed by atoms with Gasteiger partial charge in [0.15, 0.2) is 5.78 Å². The van der Waals surface area contributed by atoms with Crippen molar-refractivity contribution >= 4 is 5.78 Å². The third-order valence-electron chi connectivity index (χ3n) is 2.53. The summed E-state index contributed by atoms with van der Waals surface area (Å²) in [4.78, 5) is 11.8. The van der Waals surface area contributed by atoms with Crippen molar-refractivity contribution in [2.75, 3.05) is 0 Å². The fourth-order valence-electron chi connectivity index (χ4n) is 1.30. The van der Waals surface area contributed by atoms with Gasteiger partial charge in [0.1, 0.15) is 11.9 Å². The highest BCUT2D eigenvalue weighted by molar-refractivity contribution is 5.99. The third-order valence-corrected chi connectivity index (χ3v) is 2.53. The number of ketones is 1. The zero-order chi connectivity index (χ0) is 12.5. The van der Waals surface area contributed by atoms with Crippen LogP contribution in [0.1, 0.15) is 36.7 Å². The van der Waals surface area contributed by atoms with E-state index in [1.165, 1.54) is 18.2 Å². The van der Waals surface area contributed by atoms with Gasteiger partial charge in [0.2, 0.25) is 0 Å². The van der Waals surface area contributed by atoms with E-state index < -0.39 is 23.1 Å². The van der Waals surface area contributed by atoms with Crippen LogP contribution in [-0.2, 0) is 0 Å². The first-order chi connectivity index (χ1) is 7.23. The van der Waals surface area contributed by atoms with Gasteiger partial charge in [0, 0.05) is 5.56 Å². The number of Topliss-reactive ketones (excluding diaryl/α,β-unsaturated/α-hetero) is 1. The van der Waals surface area contributed by atoms with Gasteiger partial charge in [-0.05, 0) is 24.0 Å². The van der Waals surface area contributed by atoms with Crippen LogP contribution in [0.5, 0.6) is 0 Å². The van der Waals surface area contributed by atoms with Gasteiger partial charge in [-0.3, -0.25) is 4.79 Å². The van der Waals surface area contributed by atoms with E-state index in [0.717, 1.165) is 0 Å². The highest BCUT2D eigenvalue weighted by atomic mass is 19.1. The molecule has 0 fully saturated rings. The van der Waals surface area contributed by atoms with E-state index in [-0.39, 0.29) is 5.56 Å². The summed E-state index contributed by atoms with van der Waals surface area (Å²) in [5.41, 5.74) is 0.158. The number of hydrogen-bond acceptors (Lipinski definition) is 2. The predicted octanol–water partition coefficient (Wildman–Crippen LogP) is 2.72. The van der Waals surface area contributed by atoms with Crippen LogP contribution in [0.25, 0.3) is 0 Å². The normalized spacial score (nSPS) is 13.6. The lowest BCUT2D eigenvalue weighted by Crippen LogP contribution is -2.34. The van der Waals surface area contributed by atoms with Crippen molar-refractivity contribution < 1.29 is 14.3 Å². The van der Waals surface area contributed by atoms with Crippen LogP contribution in [0.2, 0.25) is 0 Å². The van der Waals surface area contributed by atoms with Crippen molar-refractivity contribution in [1.29, 1.82) is 0 Å². The van der Waals surface area contributed by atoms with Crippen LogP contribution >= 0.6 is 0 Å². The summed E-state index contributed by atoms with van der Waals surface area (Å²) in [7, 11) is 0. The summed E-state index contributed by atoms with van der Waals surface area (Å²) in [5.74, 6) is -0.863. The minimum absolute atomic E-state index is 0.213. The first-order valence-electron chi connectivity index (χ1n) is 5.22. The Morgan fingerprint density at radius 2 is 1.94 bits per heavy atom. The second kappa shape index (κ2) is 4.34. The number of carbonyl (C=O) groups excluding carboxylic acids is 1. The number of benzene rings is 1. The Morgan fingerprint density at radius 1 is 1.38 bits per heavy atom. The lowest BCUT2D eigenvalue weighted by atomic mass is 9.84. The second-order valence-electron chi connectivity index (χ2n) is 5.10. The molecule has 0 aromatic heterocycles. The van der Waals surface area contributed by atoms with Gasteiger partial charge in [0.05, 0.1) is 0 Å². The third kappa shape index (κ3) is 2.67. The molecule has 88 valence electrons. The molecular weight excluding hydrogens is 207 g/mol. The fourth-order valence-corrected chi connectivity index (χ4v) is 1.30. The largest absolute Gasteiger partial charge is 0.384 e. The summed E-state index contributed by atoms with van der Waals surface area (Å²) in [6.45, 7) is 6.92. The van der Waals surface area contributed by atoms with Crippen LogP contribution in [0.4, 0.5) is 4.39 Å². The van der Waals surface area contributed by atoms with E-state index >= 15 is 0 Å². The van der Waals surface area contributed by atoms with Gasteiger partial charge in [-0.1, -0.05) is 32.9 Å². The van der Waals surface area contributed by atoms with E-state index in [0.29, 0.717) is 5.56 Å². The fraction of sp³-hybridized carbons (Fsp3) is 0.462. The van der Waals surface area contributed by atoms with Crippen molar-refractivity contribution in [1.82, 2.24) is 0 Å². The molecular formula is C13H17FO2.